The Labute approximate surface area is 61.5 Å². The molecule has 0 saturated carbocycles. The molecule has 0 aromatic carbocycles. The van der Waals surface area contributed by atoms with E-state index >= 15 is 0 Å². The van der Waals surface area contributed by atoms with Crippen LogP contribution in [-0.2, 0) is 0 Å². The summed E-state index contributed by atoms with van der Waals surface area (Å²) < 4.78 is 0. The van der Waals surface area contributed by atoms with Gasteiger partial charge in [-0.05, 0) is 13.8 Å². The molecule has 1 aliphatic rings. The zero-order valence-electron chi connectivity index (χ0n) is 6.59. The Hall–Kier alpha value is -0.160. The van der Waals surface area contributed by atoms with Gasteiger partial charge in [0.05, 0.1) is 5.66 Å². The monoisotopic (exact) mass is 144 g/mol. The van der Waals surface area contributed by atoms with Gasteiger partial charge in [-0.3, -0.25) is 5.84 Å². The van der Waals surface area contributed by atoms with Gasteiger partial charge < -0.3 is 11.1 Å². The maximum Gasteiger partial charge on any atom is 0.0942 e. The molecular weight excluding hydrogens is 128 g/mol. The smallest absolute Gasteiger partial charge is 0.0942 e. The predicted octanol–water partition coefficient (Wildman–Crippen LogP) is -1.17. The molecule has 2 unspecified atom stereocenters. The lowest BCUT2D eigenvalue weighted by Crippen LogP contribution is -2.71. The third-order valence-corrected chi connectivity index (χ3v) is 2.30. The van der Waals surface area contributed by atoms with Crippen LogP contribution in [0.15, 0.2) is 0 Å². The van der Waals surface area contributed by atoms with E-state index in [0.29, 0.717) is 0 Å². The SMILES string of the molecule is CC1NCCN(N)C1(C)N. The second-order valence-corrected chi connectivity index (χ2v) is 3.10. The first-order valence-corrected chi connectivity index (χ1v) is 3.59. The van der Waals surface area contributed by atoms with Crippen molar-refractivity contribution in [2.75, 3.05) is 13.1 Å². The van der Waals surface area contributed by atoms with Gasteiger partial charge in [0.15, 0.2) is 0 Å². The van der Waals surface area contributed by atoms with Crippen molar-refractivity contribution in [1.82, 2.24) is 10.3 Å². The molecule has 1 rings (SSSR count). The van der Waals surface area contributed by atoms with Crippen LogP contribution in [0.25, 0.3) is 0 Å². The molecule has 0 radical (unpaired) electrons. The molecule has 1 saturated heterocycles. The van der Waals surface area contributed by atoms with Gasteiger partial charge in [-0.2, -0.15) is 0 Å². The lowest BCUT2D eigenvalue weighted by Gasteiger charge is -2.44. The number of hydrogen-bond donors (Lipinski definition) is 3. The lowest BCUT2D eigenvalue weighted by atomic mass is 10.0. The lowest BCUT2D eigenvalue weighted by molar-refractivity contribution is 0.0450. The topological polar surface area (TPSA) is 67.3 Å². The molecular formula is C6H16N4. The summed E-state index contributed by atoms with van der Waals surface area (Å²) in [5.74, 6) is 5.67. The first-order valence-electron chi connectivity index (χ1n) is 3.59. The largest absolute Gasteiger partial charge is 0.311 e. The van der Waals surface area contributed by atoms with Crippen LogP contribution in [0, 0.1) is 0 Å². The molecule has 0 bridgehead atoms. The van der Waals surface area contributed by atoms with E-state index in [0.717, 1.165) is 13.1 Å². The van der Waals surface area contributed by atoms with E-state index in [1.165, 1.54) is 0 Å². The molecule has 0 spiro atoms. The van der Waals surface area contributed by atoms with Crippen LogP contribution in [0.5, 0.6) is 0 Å². The minimum absolute atomic E-state index is 0.256. The first kappa shape index (κ1) is 7.94. The molecule has 0 aromatic heterocycles. The number of nitrogens with one attached hydrogen (secondary N) is 1. The van der Waals surface area contributed by atoms with Crippen molar-refractivity contribution in [3.8, 4) is 0 Å². The van der Waals surface area contributed by atoms with Crippen LogP contribution in [0.2, 0.25) is 0 Å². The molecule has 0 amide bonds. The Morgan fingerprint density at radius 3 is 2.70 bits per heavy atom. The van der Waals surface area contributed by atoms with Crippen molar-refractivity contribution in [1.29, 1.82) is 0 Å². The summed E-state index contributed by atoms with van der Waals surface area (Å²) in [4.78, 5) is 0. The molecule has 60 valence electrons. The average molecular weight is 144 g/mol. The fourth-order valence-electron chi connectivity index (χ4n) is 1.10. The second-order valence-electron chi connectivity index (χ2n) is 3.10. The van der Waals surface area contributed by atoms with Crippen LogP contribution < -0.4 is 16.9 Å². The third-order valence-electron chi connectivity index (χ3n) is 2.30. The number of hydrazine groups is 1. The van der Waals surface area contributed by atoms with Gasteiger partial charge >= 0.3 is 0 Å². The normalized spacial score (nSPS) is 43.8. The van der Waals surface area contributed by atoms with Gasteiger partial charge in [0.2, 0.25) is 0 Å². The molecule has 1 heterocycles. The maximum atomic E-state index is 5.90. The number of piperazine rings is 1. The van der Waals surface area contributed by atoms with Crippen molar-refractivity contribution >= 4 is 0 Å². The summed E-state index contributed by atoms with van der Waals surface area (Å²) in [7, 11) is 0. The Morgan fingerprint density at radius 1 is 1.70 bits per heavy atom. The Balaban J connectivity index is 2.63. The Morgan fingerprint density at radius 2 is 2.30 bits per heavy atom. The molecule has 4 heteroatoms. The van der Waals surface area contributed by atoms with Crippen LogP contribution in [0.4, 0.5) is 0 Å². The quantitative estimate of drug-likeness (QED) is 0.375. The van der Waals surface area contributed by atoms with Crippen molar-refractivity contribution in [2.24, 2.45) is 11.6 Å². The predicted molar refractivity (Wildman–Crippen MR) is 41.0 cm³/mol. The van der Waals surface area contributed by atoms with Crippen molar-refractivity contribution in [3.05, 3.63) is 0 Å². The number of nitrogens with two attached hydrogens (primary N) is 2. The molecule has 4 nitrogen and oxygen atoms in total. The van der Waals surface area contributed by atoms with Gasteiger partial charge in [0.25, 0.3) is 0 Å². The van der Waals surface area contributed by atoms with E-state index in [2.05, 4.69) is 5.32 Å². The van der Waals surface area contributed by atoms with E-state index in [9.17, 15) is 0 Å². The van der Waals surface area contributed by atoms with Crippen molar-refractivity contribution in [3.63, 3.8) is 0 Å². The molecule has 1 aliphatic heterocycles. The zero-order valence-corrected chi connectivity index (χ0v) is 6.59. The van der Waals surface area contributed by atoms with Gasteiger partial charge in [-0.15, -0.1) is 0 Å². The van der Waals surface area contributed by atoms with E-state index < -0.39 is 5.66 Å². The molecule has 10 heavy (non-hydrogen) atoms. The fourth-order valence-corrected chi connectivity index (χ4v) is 1.10. The molecule has 2 atom stereocenters. The minimum Gasteiger partial charge on any atom is -0.311 e. The van der Waals surface area contributed by atoms with Gasteiger partial charge in [0, 0.05) is 19.1 Å². The number of rotatable bonds is 0. The number of nitrogens with zero attached hydrogens (tertiary/aromatic N) is 1. The third kappa shape index (κ3) is 1.15. The summed E-state index contributed by atoms with van der Waals surface area (Å²) >= 11 is 0. The summed E-state index contributed by atoms with van der Waals surface area (Å²) in [5, 5.41) is 4.94. The molecule has 5 N–H and O–H groups in total. The van der Waals surface area contributed by atoms with Gasteiger partial charge in [0.1, 0.15) is 0 Å². The minimum atomic E-state index is -0.405. The zero-order chi connectivity index (χ0) is 7.78. The molecule has 0 aromatic rings. The fraction of sp³-hybridized carbons (Fsp3) is 1.00. The summed E-state index contributed by atoms with van der Waals surface area (Å²) in [6, 6.07) is 0.256. The summed E-state index contributed by atoms with van der Waals surface area (Å²) in [6.45, 7) is 5.71. The maximum absolute atomic E-state index is 5.90. The molecule has 0 aliphatic carbocycles. The highest BCUT2D eigenvalue weighted by Gasteiger charge is 2.34. The van der Waals surface area contributed by atoms with E-state index in [1.54, 1.807) is 5.01 Å². The highest BCUT2D eigenvalue weighted by Crippen LogP contribution is 2.11. The van der Waals surface area contributed by atoms with Crippen LogP contribution >= 0.6 is 0 Å². The highest BCUT2D eigenvalue weighted by molar-refractivity contribution is 4.91. The average Bonchev–Trinajstić information content (AvgIpc) is 1.84. The van der Waals surface area contributed by atoms with E-state index in [-0.39, 0.29) is 6.04 Å². The Kier molecular flexibility index (Phi) is 1.96. The summed E-state index contributed by atoms with van der Waals surface area (Å²) in [5.41, 5.74) is 5.50. The highest BCUT2D eigenvalue weighted by atomic mass is 15.5. The van der Waals surface area contributed by atoms with E-state index in [1.807, 2.05) is 13.8 Å². The standard InChI is InChI=1S/C6H16N4/c1-5-6(2,7)10(8)4-3-9-5/h5,9H,3-4,7-8H2,1-2H3. The molecule has 1 fully saturated rings. The second kappa shape index (κ2) is 2.47. The number of hydrogen-bond acceptors (Lipinski definition) is 4. The summed E-state index contributed by atoms with van der Waals surface area (Å²) in [6.07, 6.45) is 0. The van der Waals surface area contributed by atoms with Crippen molar-refractivity contribution < 1.29 is 0 Å². The van der Waals surface area contributed by atoms with Crippen LogP contribution in [-0.4, -0.2) is 29.8 Å². The van der Waals surface area contributed by atoms with E-state index in [4.69, 9.17) is 11.6 Å². The Bertz CT molecular complexity index is 111. The van der Waals surface area contributed by atoms with Crippen LogP contribution in [0.3, 0.4) is 0 Å². The van der Waals surface area contributed by atoms with Crippen LogP contribution in [0.1, 0.15) is 13.8 Å². The first-order chi connectivity index (χ1) is 4.55. The van der Waals surface area contributed by atoms with Gasteiger partial charge in [-0.25, -0.2) is 5.01 Å². The van der Waals surface area contributed by atoms with Crippen molar-refractivity contribution in [2.45, 2.75) is 25.6 Å². The van der Waals surface area contributed by atoms with Gasteiger partial charge in [-0.1, -0.05) is 0 Å².